The van der Waals surface area contributed by atoms with Crippen LogP contribution < -0.4 is 14.8 Å². The Labute approximate surface area is 157 Å². The van der Waals surface area contributed by atoms with Gasteiger partial charge in [0.1, 0.15) is 12.4 Å². The molecule has 0 radical (unpaired) electrons. The Hall–Kier alpha value is -3.03. The number of benzene rings is 1. The number of amides is 1. The number of likely N-dealkylation sites (N-methyl/N-ethyl adjacent to an activating group) is 1. The smallest absolute Gasteiger partial charge is 0.339 e. The number of aryl methyl sites for hydroxylation is 2. The van der Waals surface area contributed by atoms with Gasteiger partial charge in [-0.2, -0.15) is 0 Å². The summed E-state index contributed by atoms with van der Waals surface area (Å²) in [5.74, 6) is 0.556. The molecule has 1 aromatic carbocycles. The van der Waals surface area contributed by atoms with Crippen LogP contribution in [0.25, 0.3) is 0 Å². The number of ether oxygens (including phenoxy) is 3. The Bertz CT molecular complexity index is 795. The molecule has 27 heavy (non-hydrogen) atoms. The van der Waals surface area contributed by atoms with Crippen molar-refractivity contribution < 1.29 is 28.3 Å². The molecule has 8 nitrogen and oxygen atoms in total. The Morgan fingerprint density at radius 1 is 1.26 bits per heavy atom. The molecule has 1 atom stereocenters. The van der Waals surface area contributed by atoms with Crippen LogP contribution in [-0.4, -0.2) is 36.8 Å². The second-order valence-corrected chi connectivity index (χ2v) is 5.90. The zero-order valence-electron chi connectivity index (χ0n) is 16.1. The van der Waals surface area contributed by atoms with E-state index >= 15 is 0 Å². The highest BCUT2D eigenvalue weighted by atomic mass is 16.5. The Kier molecular flexibility index (Phi) is 6.81. The second kappa shape index (κ2) is 9.07. The number of esters is 1. The van der Waals surface area contributed by atoms with E-state index in [0.29, 0.717) is 23.8 Å². The van der Waals surface area contributed by atoms with Gasteiger partial charge in [-0.25, -0.2) is 4.79 Å². The highest BCUT2D eigenvalue weighted by molar-refractivity contribution is 5.92. The van der Waals surface area contributed by atoms with Crippen LogP contribution in [0.15, 0.2) is 22.7 Å². The average molecular weight is 376 g/mol. The van der Waals surface area contributed by atoms with Crippen molar-refractivity contribution in [1.29, 1.82) is 0 Å². The molecule has 0 aliphatic rings. The highest BCUT2D eigenvalue weighted by Crippen LogP contribution is 2.30. The van der Waals surface area contributed by atoms with Gasteiger partial charge < -0.3 is 24.1 Å². The number of nitrogens with zero attached hydrogens (tertiary/aromatic N) is 1. The number of aromatic nitrogens is 1. The first-order valence-electron chi connectivity index (χ1n) is 8.58. The third-order valence-electron chi connectivity index (χ3n) is 3.96. The maximum absolute atomic E-state index is 12.3. The van der Waals surface area contributed by atoms with Crippen molar-refractivity contribution in [2.75, 3.05) is 13.7 Å². The van der Waals surface area contributed by atoms with Crippen LogP contribution in [0.4, 0.5) is 0 Å². The minimum absolute atomic E-state index is 0.257. The molecule has 1 amide bonds. The molecule has 2 rings (SSSR count). The van der Waals surface area contributed by atoms with E-state index in [0.717, 1.165) is 11.3 Å². The summed E-state index contributed by atoms with van der Waals surface area (Å²) in [5.41, 5.74) is 1.87. The monoisotopic (exact) mass is 376 g/mol. The summed E-state index contributed by atoms with van der Waals surface area (Å²) in [6.45, 7) is 7.67. The molecular weight excluding hydrogens is 352 g/mol. The molecule has 0 saturated heterocycles. The fourth-order valence-corrected chi connectivity index (χ4v) is 2.37. The Morgan fingerprint density at radius 3 is 2.59 bits per heavy atom. The van der Waals surface area contributed by atoms with E-state index < -0.39 is 12.1 Å². The zero-order chi connectivity index (χ0) is 20.0. The van der Waals surface area contributed by atoms with Crippen molar-refractivity contribution >= 4 is 11.9 Å². The molecule has 1 heterocycles. The van der Waals surface area contributed by atoms with Gasteiger partial charge in [-0.05, 0) is 45.9 Å². The van der Waals surface area contributed by atoms with Crippen molar-refractivity contribution in [3.8, 4) is 11.5 Å². The lowest BCUT2D eigenvalue weighted by Gasteiger charge is -2.14. The molecule has 146 valence electrons. The summed E-state index contributed by atoms with van der Waals surface area (Å²) >= 11 is 0. The average Bonchev–Trinajstić information content (AvgIpc) is 2.97. The van der Waals surface area contributed by atoms with E-state index in [1.54, 1.807) is 19.1 Å². The standard InChI is InChI=1S/C19H24N2O6/c1-6-20-18(22)13(4)26-19(23)14-7-8-16(17(9-14)24-5)25-10-15-11(2)21-27-12(15)3/h7-9,13H,6,10H2,1-5H3,(H,20,22)/t13-/m0/s1. The third-order valence-corrected chi connectivity index (χ3v) is 3.96. The van der Waals surface area contributed by atoms with E-state index in [9.17, 15) is 9.59 Å². The molecule has 0 unspecified atom stereocenters. The number of hydrogen-bond donors (Lipinski definition) is 1. The van der Waals surface area contributed by atoms with Crippen LogP contribution in [0.5, 0.6) is 11.5 Å². The van der Waals surface area contributed by atoms with E-state index in [-0.39, 0.29) is 18.1 Å². The van der Waals surface area contributed by atoms with Crippen LogP contribution in [0.3, 0.4) is 0 Å². The van der Waals surface area contributed by atoms with Gasteiger partial charge >= 0.3 is 5.97 Å². The molecule has 1 N–H and O–H groups in total. The van der Waals surface area contributed by atoms with Crippen molar-refractivity contribution in [3.63, 3.8) is 0 Å². The van der Waals surface area contributed by atoms with Gasteiger partial charge in [0.2, 0.25) is 0 Å². The summed E-state index contributed by atoms with van der Waals surface area (Å²) < 4.78 is 21.4. The third kappa shape index (κ3) is 4.99. The van der Waals surface area contributed by atoms with E-state index in [2.05, 4.69) is 10.5 Å². The summed E-state index contributed by atoms with van der Waals surface area (Å²) in [5, 5.41) is 6.48. The van der Waals surface area contributed by atoms with Crippen LogP contribution in [0.1, 0.15) is 41.2 Å². The van der Waals surface area contributed by atoms with Crippen molar-refractivity contribution in [2.45, 2.75) is 40.4 Å². The topological polar surface area (TPSA) is 99.9 Å². The molecule has 0 aliphatic carbocycles. The van der Waals surface area contributed by atoms with Crippen LogP contribution in [0.2, 0.25) is 0 Å². The largest absolute Gasteiger partial charge is 0.493 e. The van der Waals surface area contributed by atoms with Crippen LogP contribution in [-0.2, 0) is 16.1 Å². The normalized spacial score (nSPS) is 11.6. The molecule has 8 heteroatoms. The molecule has 0 spiro atoms. The van der Waals surface area contributed by atoms with Crippen molar-refractivity contribution in [2.24, 2.45) is 0 Å². The summed E-state index contributed by atoms with van der Waals surface area (Å²) in [7, 11) is 1.48. The second-order valence-electron chi connectivity index (χ2n) is 5.90. The lowest BCUT2D eigenvalue weighted by Crippen LogP contribution is -2.35. The predicted octanol–water partition coefficient (Wildman–Crippen LogP) is 2.56. The van der Waals surface area contributed by atoms with Gasteiger partial charge in [0, 0.05) is 6.54 Å². The number of carbonyl (C=O) groups excluding carboxylic acids is 2. The highest BCUT2D eigenvalue weighted by Gasteiger charge is 2.20. The minimum Gasteiger partial charge on any atom is -0.493 e. The number of nitrogens with one attached hydrogen (secondary N) is 1. The Morgan fingerprint density at radius 2 is 2.00 bits per heavy atom. The number of hydrogen-bond acceptors (Lipinski definition) is 7. The van der Waals surface area contributed by atoms with Gasteiger partial charge in [0.25, 0.3) is 5.91 Å². The first-order valence-corrected chi connectivity index (χ1v) is 8.58. The first kappa shape index (κ1) is 20.3. The molecule has 0 bridgehead atoms. The molecule has 1 aromatic heterocycles. The molecular formula is C19H24N2O6. The first-order chi connectivity index (χ1) is 12.9. The van der Waals surface area contributed by atoms with Gasteiger partial charge in [-0.1, -0.05) is 5.16 Å². The quantitative estimate of drug-likeness (QED) is 0.707. The lowest BCUT2D eigenvalue weighted by molar-refractivity contribution is -0.128. The van der Waals surface area contributed by atoms with Crippen molar-refractivity contribution in [1.82, 2.24) is 10.5 Å². The maximum atomic E-state index is 12.3. The number of carbonyl (C=O) groups is 2. The van der Waals surface area contributed by atoms with E-state index in [4.69, 9.17) is 18.7 Å². The van der Waals surface area contributed by atoms with Crippen molar-refractivity contribution in [3.05, 3.63) is 40.8 Å². The fraction of sp³-hybridized carbons (Fsp3) is 0.421. The molecule has 2 aromatic rings. The Balaban J connectivity index is 2.08. The predicted molar refractivity (Wildman–Crippen MR) is 96.9 cm³/mol. The van der Waals surface area contributed by atoms with Crippen LogP contribution in [0, 0.1) is 13.8 Å². The summed E-state index contributed by atoms with van der Waals surface area (Å²) in [6, 6.07) is 4.68. The van der Waals surface area contributed by atoms with Crippen LogP contribution >= 0.6 is 0 Å². The van der Waals surface area contributed by atoms with Gasteiger partial charge in [0.05, 0.1) is 23.9 Å². The number of rotatable bonds is 8. The zero-order valence-corrected chi connectivity index (χ0v) is 16.1. The molecule has 0 fully saturated rings. The lowest BCUT2D eigenvalue weighted by atomic mass is 10.2. The maximum Gasteiger partial charge on any atom is 0.339 e. The minimum atomic E-state index is -0.890. The van der Waals surface area contributed by atoms with Gasteiger partial charge in [-0.15, -0.1) is 0 Å². The van der Waals surface area contributed by atoms with E-state index in [1.165, 1.54) is 20.1 Å². The van der Waals surface area contributed by atoms with E-state index in [1.807, 2.05) is 13.8 Å². The fourth-order valence-electron chi connectivity index (χ4n) is 2.37. The van der Waals surface area contributed by atoms with Gasteiger partial charge in [-0.3, -0.25) is 4.79 Å². The summed E-state index contributed by atoms with van der Waals surface area (Å²) in [4.78, 5) is 24.0. The molecule has 0 saturated carbocycles. The SMILES string of the molecule is CCNC(=O)[C@H](C)OC(=O)c1ccc(OCc2c(C)noc2C)c(OC)c1. The number of methoxy groups -OCH3 is 1. The summed E-state index contributed by atoms with van der Waals surface area (Å²) in [6.07, 6.45) is -0.890. The van der Waals surface area contributed by atoms with Gasteiger partial charge in [0.15, 0.2) is 17.6 Å². The molecule has 0 aliphatic heterocycles.